The summed E-state index contributed by atoms with van der Waals surface area (Å²) >= 11 is 0. The number of hydrogen-bond donors (Lipinski definition) is 2. The minimum absolute atomic E-state index is 0.184. The molecule has 2 N–H and O–H groups in total. The van der Waals surface area contributed by atoms with Gasteiger partial charge in [-0.1, -0.05) is 0 Å². The number of rotatable bonds is 5. The highest BCUT2D eigenvalue weighted by molar-refractivity contribution is 5.92. The van der Waals surface area contributed by atoms with Crippen molar-refractivity contribution in [3.63, 3.8) is 0 Å². The van der Waals surface area contributed by atoms with Gasteiger partial charge in [-0.2, -0.15) is 5.26 Å². The molecule has 1 aliphatic rings. The molecule has 7 nitrogen and oxygen atoms in total. The van der Waals surface area contributed by atoms with Gasteiger partial charge in [-0.15, -0.1) is 0 Å². The van der Waals surface area contributed by atoms with Crippen molar-refractivity contribution >= 4 is 11.8 Å². The maximum absolute atomic E-state index is 12.3. The number of furan rings is 1. The lowest BCUT2D eigenvalue weighted by Gasteiger charge is -2.40. The van der Waals surface area contributed by atoms with Crippen LogP contribution in [0.5, 0.6) is 0 Å². The zero-order valence-electron chi connectivity index (χ0n) is 14.8. The van der Waals surface area contributed by atoms with Crippen LogP contribution in [0.25, 0.3) is 0 Å². The number of nitriles is 1. The number of nitrogens with one attached hydrogen (secondary N) is 1. The molecule has 0 bridgehead atoms. The van der Waals surface area contributed by atoms with Gasteiger partial charge in [0.1, 0.15) is 17.4 Å². The van der Waals surface area contributed by atoms with Crippen LogP contribution in [0, 0.1) is 25.2 Å². The molecule has 132 valence electrons. The SMILES string of the molecule is Cc1oc(NC(=O)CN2CCN(C[C@H](C)O)[C@H](C)C2)c(C#N)c1C. The van der Waals surface area contributed by atoms with Gasteiger partial charge in [0, 0.05) is 37.8 Å². The van der Waals surface area contributed by atoms with E-state index in [9.17, 15) is 15.2 Å². The van der Waals surface area contributed by atoms with Crippen molar-refractivity contribution in [1.82, 2.24) is 9.80 Å². The molecular formula is C17H26N4O3. The number of nitrogens with zero attached hydrogens (tertiary/aromatic N) is 3. The zero-order valence-corrected chi connectivity index (χ0v) is 14.8. The smallest absolute Gasteiger partial charge is 0.240 e. The Bertz CT molecular complexity index is 633. The third-order valence-corrected chi connectivity index (χ3v) is 4.47. The fourth-order valence-electron chi connectivity index (χ4n) is 3.04. The lowest BCUT2D eigenvalue weighted by atomic mass is 10.1. The van der Waals surface area contributed by atoms with E-state index < -0.39 is 0 Å². The van der Waals surface area contributed by atoms with Crippen LogP contribution in [0.3, 0.4) is 0 Å². The molecule has 1 aromatic rings. The van der Waals surface area contributed by atoms with Gasteiger partial charge in [0.25, 0.3) is 0 Å². The number of aliphatic hydroxyl groups excluding tert-OH is 1. The molecule has 0 aliphatic carbocycles. The Morgan fingerprint density at radius 3 is 2.79 bits per heavy atom. The average Bonchev–Trinajstić information content (AvgIpc) is 2.75. The number of hydrogen-bond acceptors (Lipinski definition) is 6. The molecule has 0 radical (unpaired) electrons. The summed E-state index contributed by atoms with van der Waals surface area (Å²) in [6.07, 6.45) is -0.350. The van der Waals surface area contributed by atoms with Crippen LogP contribution >= 0.6 is 0 Å². The van der Waals surface area contributed by atoms with Crippen molar-refractivity contribution in [1.29, 1.82) is 5.26 Å². The molecule has 7 heteroatoms. The number of piperazine rings is 1. The number of β-amino-alcohol motifs (C(OH)–C–C–N with tert-alkyl or cyclic N) is 1. The second-order valence-corrected chi connectivity index (χ2v) is 6.58. The van der Waals surface area contributed by atoms with Gasteiger partial charge in [0.2, 0.25) is 11.8 Å². The second-order valence-electron chi connectivity index (χ2n) is 6.58. The highest BCUT2D eigenvalue weighted by atomic mass is 16.4. The Labute approximate surface area is 142 Å². The Morgan fingerprint density at radius 2 is 2.21 bits per heavy atom. The van der Waals surface area contributed by atoms with E-state index in [0.717, 1.165) is 25.2 Å². The summed E-state index contributed by atoms with van der Waals surface area (Å²) in [5, 5.41) is 21.4. The van der Waals surface area contributed by atoms with E-state index in [2.05, 4.69) is 28.1 Å². The third kappa shape index (κ3) is 4.35. The minimum atomic E-state index is -0.350. The number of aryl methyl sites for hydroxylation is 1. The zero-order chi connectivity index (χ0) is 17.9. The van der Waals surface area contributed by atoms with Gasteiger partial charge >= 0.3 is 0 Å². The van der Waals surface area contributed by atoms with E-state index in [-0.39, 0.29) is 30.5 Å². The molecule has 0 unspecified atom stereocenters. The molecule has 2 atom stereocenters. The standard InChI is InChI=1S/C17H26N4O3/c1-11-8-20(5-6-21(11)9-12(2)22)10-16(23)19-17-15(7-18)13(3)14(4)24-17/h11-12,22H,5-6,8-10H2,1-4H3,(H,19,23)/t11-,12+/m1/s1. The first-order chi connectivity index (χ1) is 11.3. The molecule has 1 aromatic heterocycles. The van der Waals surface area contributed by atoms with Crippen LogP contribution in [0.2, 0.25) is 0 Å². The first-order valence-corrected chi connectivity index (χ1v) is 8.26. The van der Waals surface area contributed by atoms with Crippen LogP contribution in [0.15, 0.2) is 4.42 Å². The fraction of sp³-hybridized carbons (Fsp3) is 0.647. The first kappa shape index (κ1) is 18.5. The van der Waals surface area contributed by atoms with Crippen molar-refractivity contribution in [2.45, 2.75) is 39.8 Å². The summed E-state index contributed by atoms with van der Waals surface area (Å²) in [6.45, 7) is 10.7. The summed E-state index contributed by atoms with van der Waals surface area (Å²) in [5.41, 5.74) is 1.14. The number of anilines is 1. The summed E-state index contributed by atoms with van der Waals surface area (Å²) in [4.78, 5) is 16.6. The van der Waals surface area contributed by atoms with Crippen LogP contribution in [-0.2, 0) is 4.79 Å². The van der Waals surface area contributed by atoms with Crippen molar-refractivity contribution in [2.24, 2.45) is 0 Å². The Balaban J connectivity index is 1.90. The molecule has 0 spiro atoms. The van der Waals surface area contributed by atoms with Crippen molar-refractivity contribution in [3.8, 4) is 6.07 Å². The van der Waals surface area contributed by atoms with Crippen LogP contribution in [-0.4, -0.2) is 65.7 Å². The van der Waals surface area contributed by atoms with E-state index in [1.165, 1.54) is 0 Å². The van der Waals surface area contributed by atoms with Gasteiger partial charge in [0.05, 0.1) is 12.6 Å². The summed E-state index contributed by atoms with van der Waals surface area (Å²) in [6, 6.07) is 2.35. The largest absolute Gasteiger partial charge is 0.444 e. The monoisotopic (exact) mass is 334 g/mol. The normalized spacial score (nSPS) is 20.6. The lowest BCUT2D eigenvalue weighted by Crippen LogP contribution is -2.54. The van der Waals surface area contributed by atoms with E-state index in [0.29, 0.717) is 17.9 Å². The fourth-order valence-corrected chi connectivity index (χ4v) is 3.04. The predicted molar refractivity (Wildman–Crippen MR) is 90.7 cm³/mol. The molecule has 1 saturated heterocycles. The second kappa shape index (κ2) is 7.79. The highest BCUT2D eigenvalue weighted by Crippen LogP contribution is 2.25. The van der Waals surface area contributed by atoms with Gasteiger partial charge < -0.3 is 9.52 Å². The highest BCUT2D eigenvalue weighted by Gasteiger charge is 2.26. The van der Waals surface area contributed by atoms with Crippen LogP contribution < -0.4 is 5.32 Å². The number of amides is 1. The minimum Gasteiger partial charge on any atom is -0.444 e. The predicted octanol–water partition coefficient (Wildman–Crippen LogP) is 1.09. The van der Waals surface area contributed by atoms with Crippen molar-refractivity contribution in [2.75, 3.05) is 38.0 Å². The molecule has 0 saturated carbocycles. The van der Waals surface area contributed by atoms with Crippen molar-refractivity contribution in [3.05, 3.63) is 16.9 Å². The summed E-state index contributed by atoms with van der Waals surface area (Å²) < 4.78 is 5.47. The van der Waals surface area contributed by atoms with Gasteiger partial charge in [-0.05, 0) is 27.7 Å². The Hall–Kier alpha value is -1.88. The maximum atomic E-state index is 12.3. The molecule has 1 aliphatic heterocycles. The number of carbonyl (C=O) groups excluding carboxylic acids is 1. The number of aliphatic hydroxyl groups is 1. The quantitative estimate of drug-likeness (QED) is 0.837. The summed E-state index contributed by atoms with van der Waals surface area (Å²) in [5.74, 6) is 0.692. The maximum Gasteiger partial charge on any atom is 0.240 e. The van der Waals surface area contributed by atoms with Gasteiger partial charge in [0.15, 0.2) is 0 Å². The molecule has 24 heavy (non-hydrogen) atoms. The van der Waals surface area contributed by atoms with E-state index in [4.69, 9.17) is 4.42 Å². The molecule has 0 aromatic carbocycles. The van der Waals surface area contributed by atoms with Crippen LogP contribution in [0.1, 0.15) is 30.7 Å². The lowest BCUT2D eigenvalue weighted by molar-refractivity contribution is -0.118. The van der Waals surface area contributed by atoms with E-state index in [1.54, 1.807) is 20.8 Å². The number of carbonyl (C=O) groups is 1. The van der Waals surface area contributed by atoms with E-state index in [1.807, 2.05) is 0 Å². The molecular weight excluding hydrogens is 308 g/mol. The Kier molecular flexibility index (Phi) is 5.99. The summed E-state index contributed by atoms with van der Waals surface area (Å²) in [7, 11) is 0. The van der Waals surface area contributed by atoms with Gasteiger partial charge in [-0.25, -0.2) is 0 Å². The van der Waals surface area contributed by atoms with Crippen molar-refractivity contribution < 1.29 is 14.3 Å². The molecule has 1 amide bonds. The molecule has 2 rings (SSSR count). The molecule has 2 heterocycles. The third-order valence-electron chi connectivity index (χ3n) is 4.47. The first-order valence-electron chi connectivity index (χ1n) is 8.26. The van der Waals surface area contributed by atoms with Gasteiger partial charge in [-0.3, -0.25) is 19.9 Å². The van der Waals surface area contributed by atoms with Crippen LogP contribution in [0.4, 0.5) is 5.88 Å². The molecule has 1 fully saturated rings. The average molecular weight is 334 g/mol. The topological polar surface area (TPSA) is 92.7 Å². The van der Waals surface area contributed by atoms with E-state index >= 15 is 0 Å². The Morgan fingerprint density at radius 1 is 1.50 bits per heavy atom.